The predicted molar refractivity (Wildman–Crippen MR) is 109 cm³/mol. The molecule has 26 heavy (non-hydrogen) atoms. The van der Waals surface area contributed by atoms with E-state index in [4.69, 9.17) is 9.47 Å². The van der Waals surface area contributed by atoms with Crippen LogP contribution >= 0.6 is 0 Å². The summed E-state index contributed by atoms with van der Waals surface area (Å²) < 4.78 is 13.0. The normalized spacial score (nSPS) is 38.4. The molecule has 0 amide bonds. The van der Waals surface area contributed by atoms with Crippen LogP contribution in [0.3, 0.4) is 0 Å². The van der Waals surface area contributed by atoms with Crippen molar-refractivity contribution in [2.75, 3.05) is 13.2 Å². The molecule has 3 aliphatic rings. The molecule has 0 N–H and O–H groups in total. The van der Waals surface area contributed by atoms with Gasteiger partial charge >= 0.3 is 0 Å². The number of ether oxygens (including phenoxy) is 2. The van der Waals surface area contributed by atoms with Crippen molar-refractivity contribution in [3.05, 3.63) is 36.5 Å². The van der Waals surface area contributed by atoms with E-state index in [1.54, 1.807) is 0 Å². The fourth-order valence-electron chi connectivity index (χ4n) is 4.56. The number of hydrogen-bond acceptors (Lipinski definition) is 2. The zero-order valence-electron chi connectivity index (χ0n) is 17.0. The van der Waals surface area contributed by atoms with E-state index in [1.807, 2.05) is 0 Å². The average Bonchev–Trinajstić information content (AvgIpc) is 2.65. The van der Waals surface area contributed by atoms with Crippen LogP contribution in [0.2, 0.25) is 0 Å². The van der Waals surface area contributed by atoms with Crippen molar-refractivity contribution >= 4 is 0 Å². The van der Waals surface area contributed by atoms with Crippen molar-refractivity contribution in [1.82, 2.24) is 0 Å². The van der Waals surface area contributed by atoms with Crippen LogP contribution < -0.4 is 0 Å². The highest BCUT2D eigenvalue weighted by atomic mass is 16.7. The lowest BCUT2D eigenvalue weighted by atomic mass is 9.83. The fraction of sp³-hybridized carbons (Fsp3) is 0.750. The SMILES string of the molecule is C[C@@H]1CC=CC[C@@H]1COC(OC[C@@H]1CC=CC[C@@H]1C)[C@H]1CC=CC[C@H]1C. The van der Waals surface area contributed by atoms with Gasteiger partial charge in [0, 0.05) is 5.92 Å². The van der Waals surface area contributed by atoms with Gasteiger partial charge in [-0.15, -0.1) is 0 Å². The molecule has 0 radical (unpaired) electrons. The Bertz CT molecular complexity index is 474. The first-order chi connectivity index (χ1) is 12.6. The molecule has 3 aliphatic carbocycles. The first-order valence-electron chi connectivity index (χ1n) is 10.8. The summed E-state index contributed by atoms with van der Waals surface area (Å²) >= 11 is 0. The molecule has 0 aromatic rings. The Morgan fingerprint density at radius 1 is 0.615 bits per heavy atom. The van der Waals surface area contributed by atoms with Gasteiger partial charge in [0.15, 0.2) is 6.29 Å². The molecule has 146 valence electrons. The maximum absolute atomic E-state index is 6.48. The summed E-state index contributed by atoms with van der Waals surface area (Å²) in [5.41, 5.74) is 0. The first kappa shape index (κ1) is 19.9. The molecule has 7 atom stereocenters. The lowest BCUT2D eigenvalue weighted by molar-refractivity contribution is -0.197. The van der Waals surface area contributed by atoms with Crippen molar-refractivity contribution in [3.63, 3.8) is 0 Å². The minimum Gasteiger partial charge on any atom is -0.352 e. The molecule has 0 fully saturated rings. The van der Waals surface area contributed by atoms with Gasteiger partial charge in [-0.2, -0.15) is 0 Å². The summed E-state index contributed by atoms with van der Waals surface area (Å²) in [5.74, 6) is 3.83. The summed E-state index contributed by atoms with van der Waals surface area (Å²) in [6.07, 6.45) is 20.8. The van der Waals surface area contributed by atoms with E-state index in [0.29, 0.717) is 35.5 Å². The smallest absolute Gasteiger partial charge is 0.160 e. The summed E-state index contributed by atoms with van der Waals surface area (Å²) in [4.78, 5) is 0. The van der Waals surface area contributed by atoms with E-state index < -0.39 is 0 Å². The van der Waals surface area contributed by atoms with E-state index in [9.17, 15) is 0 Å². The lowest BCUT2D eigenvalue weighted by Crippen LogP contribution is -2.36. The number of hydrogen-bond donors (Lipinski definition) is 0. The van der Waals surface area contributed by atoms with Crippen LogP contribution in [-0.2, 0) is 9.47 Å². The highest BCUT2D eigenvalue weighted by Crippen LogP contribution is 2.33. The molecular formula is C24H38O2. The van der Waals surface area contributed by atoms with Gasteiger partial charge in [-0.3, -0.25) is 0 Å². The van der Waals surface area contributed by atoms with E-state index in [-0.39, 0.29) is 6.29 Å². The number of allylic oxidation sites excluding steroid dienone is 6. The summed E-state index contributed by atoms with van der Waals surface area (Å²) in [5, 5.41) is 0. The third-order valence-corrected chi connectivity index (χ3v) is 6.95. The van der Waals surface area contributed by atoms with Crippen molar-refractivity contribution in [2.45, 2.75) is 65.6 Å². The van der Waals surface area contributed by atoms with Crippen molar-refractivity contribution in [2.24, 2.45) is 35.5 Å². The van der Waals surface area contributed by atoms with E-state index in [2.05, 4.69) is 57.2 Å². The van der Waals surface area contributed by atoms with Gasteiger partial charge in [-0.05, 0) is 68.1 Å². The van der Waals surface area contributed by atoms with Crippen molar-refractivity contribution in [3.8, 4) is 0 Å². The molecule has 0 aromatic carbocycles. The second-order valence-electron chi connectivity index (χ2n) is 8.98. The molecule has 0 aromatic heterocycles. The second-order valence-corrected chi connectivity index (χ2v) is 8.98. The minimum absolute atomic E-state index is 0.0498. The molecule has 2 heteroatoms. The molecule has 0 aliphatic heterocycles. The van der Waals surface area contributed by atoms with E-state index in [0.717, 1.165) is 38.9 Å². The first-order valence-corrected chi connectivity index (χ1v) is 10.8. The Morgan fingerprint density at radius 2 is 1.04 bits per heavy atom. The van der Waals surface area contributed by atoms with E-state index >= 15 is 0 Å². The van der Waals surface area contributed by atoms with Gasteiger partial charge in [-0.1, -0.05) is 57.2 Å². The average molecular weight is 359 g/mol. The molecule has 0 bridgehead atoms. The van der Waals surface area contributed by atoms with Crippen LogP contribution in [0.5, 0.6) is 0 Å². The maximum Gasteiger partial charge on any atom is 0.160 e. The molecule has 2 nitrogen and oxygen atoms in total. The quantitative estimate of drug-likeness (QED) is 0.401. The van der Waals surface area contributed by atoms with Gasteiger partial charge in [-0.25, -0.2) is 0 Å². The minimum atomic E-state index is -0.0498. The Labute approximate surface area is 160 Å². The molecular weight excluding hydrogens is 320 g/mol. The largest absolute Gasteiger partial charge is 0.352 e. The van der Waals surface area contributed by atoms with Gasteiger partial charge in [0.05, 0.1) is 13.2 Å². The highest BCUT2D eigenvalue weighted by Gasteiger charge is 2.31. The standard InChI is InChI=1S/C24H38O2/c1-18-10-4-7-13-21(18)16-25-24(23-15-9-6-12-20(23)3)26-17-22-14-8-5-11-19(22)2/h4-9,18-24H,10-17H2,1-3H3/t18-,19+,20-,21-,22+,23+,24?/m1/s1. The maximum atomic E-state index is 6.48. The number of rotatable bonds is 7. The zero-order chi connectivity index (χ0) is 18.4. The van der Waals surface area contributed by atoms with E-state index in [1.165, 1.54) is 12.8 Å². The van der Waals surface area contributed by atoms with Crippen LogP contribution in [0.1, 0.15) is 59.3 Å². The van der Waals surface area contributed by atoms with Gasteiger partial charge in [0.2, 0.25) is 0 Å². The zero-order valence-corrected chi connectivity index (χ0v) is 17.0. The topological polar surface area (TPSA) is 18.5 Å². The van der Waals surface area contributed by atoms with Gasteiger partial charge in [0.25, 0.3) is 0 Å². The lowest BCUT2D eigenvalue weighted by Gasteiger charge is -2.36. The Morgan fingerprint density at radius 3 is 1.50 bits per heavy atom. The van der Waals surface area contributed by atoms with Crippen LogP contribution in [0, 0.1) is 35.5 Å². The predicted octanol–water partition coefficient (Wildman–Crippen LogP) is 6.15. The fourth-order valence-corrected chi connectivity index (χ4v) is 4.56. The molecule has 0 spiro atoms. The second kappa shape index (κ2) is 9.90. The van der Waals surface area contributed by atoms with Crippen LogP contribution in [0.15, 0.2) is 36.5 Å². The van der Waals surface area contributed by atoms with Crippen LogP contribution in [-0.4, -0.2) is 19.5 Å². The van der Waals surface area contributed by atoms with Crippen LogP contribution in [0.4, 0.5) is 0 Å². The third kappa shape index (κ3) is 5.33. The van der Waals surface area contributed by atoms with Crippen molar-refractivity contribution in [1.29, 1.82) is 0 Å². The highest BCUT2D eigenvalue weighted by molar-refractivity contribution is 4.96. The Hall–Kier alpha value is -0.860. The molecule has 0 saturated carbocycles. The third-order valence-electron chi connectivity index (χ3n) is 6.95. The molecule has 1 unspecified atom stereocenters. The van der Waals surface area contributed by atoms with Crippen molar-refractivity contribution < 1.29 is 9.47 Å². The summed E-state index contributed by atoms with van der Waals surface area (Å²) in [6, 6.07) is 0. The molecule has 0 saturated heterocycles. The molecule has 3 rings (SSSR count). The Balaban J connectivity index is 1.58. The monoisotopic (exact) mass is 358 g/mol. The summed E-state index contributed by atoms with van der Waals surface area (Å²) in [6.45, 7) is 8.74. The van der Waals surface area contributed by atoms with Crippen LogP contribution in [0.25, 0.3) is 0 Å². The van der Waals surface area contributed by atoms with Gasteiger partial charge < -0.3 is 9.47 Å². The van der Waals surface area contributed by atoms with Gasteiger partial charge in [0.1, 0.15) is 0 Å². The Kier molecular flexibility index (Phi) is 7.57. The molecule has 0 heterocycles. The summed E-state index contributed by atoms with van der Waals surface area (Å²) in [7, 11) is 0.